The molecule has 0 radical (unpaired) electrons. The van der Waals surface area contributed by atoms with Crippen molar-refractivity contribution in [2.24, 2.45) is 16.3 Å². The first-order valence-corrected chi connectivity index (χ1v) is 8.72. The Balaban J connectivity index is 0.00000484. The number of nitrogens with one attached hydrogen (secondary N) is 2. The fraction of sp³-hybridized carbons (Fsp3) is 0.941. The molecule has 0 aromatic rings. The number of hydrogen-bond donors (Lipinski definition) is 3. The van der Waals surface area contributed by atoms with E-state index in [4.69, 9.17) is 9.84 Å². The van der Waals surface area contributed by atoms with E-state index >= 15 is 0 Å². The zero-order valence-corrected chi connectivity index (χ0v) is 17.7. The van der Waals surface area contributed by atoms with Crippen molar-refractivity contribution in [3.63, 3.8) is 0 Å². The molecule has 138 valence electrons. The van der Waals surface area contributed by atoms with Gasteiger partial charge in [-0.3, -0.25) is 4.99 Å². The predicted molar refractivity (Wildman–Crippen MR) is 108 cm³/mol. The van der Waals surface area contributed by atoms with Crippen molar-refractivity contribution in [1.82, 2.24) is 10.6 Å². The summed E-state index contributed by atoms with van der Waals surface area (Å²) >= 11 is 0. The Labute approximate surface area is 159 Å². The van der Waals surface area contributed by atoms with Gasteiger partial charge in [-0.2, -0.15) is 0 Å². The quantitative estimate of drug-likeness (QED) is 0.223. The third kappa shape index (κ3) is 7.13. The molecule has 1 aliphatic rings. The molecule has 5 nitrogen and oxygen atoms in total. The molecule has 1 aliphatic carbocycles. The van der Waals surface area contributed by atoms with E-state index in [9.17, 15) is 0 Å². The lowest BCUT2D eigenvalue weighted by Gasteiger charge is -2.52. The van der Waals surface area contributed by atoms with E-state index in [2.05, 4.69) is 43.3 Å². The summed E-state index contributed by atoms with van der Waals surface area (Å²) in [6, 6.07) is 0.376. The van der Waals surface area contributed by atoms with Gasteiger partial charge in [0.2, 0.25) is 0 Å². The molecule has 0 aliphatic heterocycles. The second kappa shape index (κ2) is 11.5. The molecular formula is C17H36IN3O2. The summed E-state index contributed by atoms with van der Waals surface area (Å²) in [5, 5.41) is 15.9. The van der Waals surface area contributed by atoms with Gasteiger partial charge in [0.1, 0.15) is 0 Å². The van der Waals surface area contributed by atoms with E-state index in [1.54, 1.807) is 0 Å². The Bertz CT molecular complexity index is 351. The molecule has 1 saturated carbocycles. The zero-order valence-electron chi connectivity index (χ0n) is 15.4. The lowest BCUT2D eigenvalue weighted by Crippen LogP contribution is -2.63. The van der Waals surface area contributed by atoms with Crippen LogP contribution in [0.5, 0.6) is 0 Å². The van der Waals surface area contributed by atoms with Gasteiger partial charge < -0.3 is 20.5 Å². The van der Waals surface area contributed by atoms with Crippen molar-refractivity contribution in [2.75, 3.05) is 26.3 Å². The summed E-state index contributed by atoms with van der Waals surface area (Å²) < 4.78 is 5.99. The smallest absolute Gasteiger partial charge is 0.191 e. The standard InChI is InChI=1S/C17H35N3O2.HI/c1-6-8-9-22-15-10-14(17(15,4)5)20-16(18-7-2)19-11-13(3)12-21;/h13-15,21H,6-12H2,1-5H3,(H2,18,19,20);1H. The Morgan fingerprint density at radius 3 is 2.61 bits per heavy atom. The minimum absolute atomic E-state index is 0. The maximum Gasteiger partial charge on any atom is 0.191 e. The van der Waals surface area contributed by atoms with E-state index < -0.39 is 0 Å². The van der Waals surface area contributed by atoms with Crippen molar-refractivity contribution in [2.45, 2.75) is 66.0 Å². The highest BCUT2D eigenvalue weighted by atomic mass is 127. The van der Waals surface area contributed by atoms with Crippen LogP contribution in [0.25, 0.3) is 0 Å². The SMILES string of the molecule is CCCCOC1CC(NC(=NCC(C)CO)NCC)C1(C)C.I. The number of unbranched alkanes of at least 4 members (excludes halogenated alkanes) is 1. The minimum atomic E-state index is 0. The fourth-order valence-corrected chi connectivity index (χ4v) is 2.57. The molecule has 0 amide bonds. The zero-order chi connectivity index (χ0) is 16.6. The van der Waals surface area contributed by atoms with E-state index in [0.29, 0.717) is 18.7 Å². The summed E-state index contributed by atoms with van der Waals surface area (Å²) in [6.45, 7) is 13.3. The lowest BCUT2D eigenvalue weighted by atomic mass is 9.64. The van der Waals surface area contributed by atoms with Crippen LogP contribution in [0.3, 0.4) is 0 Å². The van der Waals surface area contributed by atoms with Gasteiger partial charge in [-0.1, -0.05) is 34.1 Å². The summed E-state index contributed by atoms with van der Waals surface area (Å²) in [5.41, 5.74) is 0.118. The average molecular weight is 441 g/mol. The van der Waals surface area contributed by atoms with Crippen LogP contribution >= 0.6 is 24.0 Å². The monoisotopic (exact) mass is 441 g/mol. The fourth-order valence-electron chi connectivity index (χ4n) is 2.57. The van der Waals surface area contributed by atoms with Gasteiger partial charge in [0, 0.05) is 37.8 Å². The van der Waals surface area contributed by atoms with Crippen LogP contribution in [0.2, 0.25) is 0 Å². The molecular weight excluding hydrogens is 405 g/mol. The van der Waals surface area contributed by atoms with Gasteiger partial charge >= 0.3 is 0 Å². The minimum Gasteiger partial charge on any atom is -0.396 e. The Kier molecular flexibility index (Phi) is 11.4. The van der Waals surface area contributed by atoms with Crippen LogP contribution in [0.1, 0.15) is 53.9 Å². The largest absolute Gasteiger partial charge is 0.396 e. The number of aliphatic hydroxyl groups is 1. The van der Waals surface area contributed by atoms with Gasteiger partial charge in [-0.25, -0.2) is 0 Å². The van der Waals surface area contributed by atoms with Crippen molar-refractivity contribution in [3.8, 4) is 0 Å². The van der Waals surface area contributed by atoms with Crippen LogP contribution < -0.4 is 10.6 Å². The number of nitrogens with zero attached hydrogens (tertiary/aromatic N) is 1. The van der Waals surface area contributed by atoms with Gasteiger partial charge in [0.25, 0.3) is 0 Å². The molecule has 3 atom stereocenters. The number of rotatable bonds is 9. The molecule has 0 heterocycles. The van der Waals surface area contributed by atoms with Crippen LogP contribution in [0, 0.1) is 11.3 Å². The van der Waals surface area contributed by atoms with Crippen molar-refractivity contribution < 1.29 is 9.84 Å². The Morgan fingerprint density at radius 2 is 2.09 bits per heavy atom. The van der Waals surface area contributed by atoms with Crippen LogP contribution in [0.15, 0.2) is 4.99 Å². The van der Waals surface area contributed by atoms with Crippen molar-refractivity contribution >= 4 is 29.9 Å². The van der Waals surface area contributed by atoms with E-state index in [-0.39, 0.29) is 41.9 Å². The number of ether oxygens (including phenoxy) is 1. The van der Waals surface area contributed by atoms with Crippen LogP contribution in [-0.4, -0.2) is 49.5 Å². The van der Waals surface area contributed by atoms with Crippen LogP contribution in [0.4, 0.5) is 0 Å². The summed E-state index contributed by atoms with van der Waals surface area (Å²) in [5.74, 6) is 1.03. The Hall–Kier alpha value is -0.0800. The van der Waals surface area contributed by atoms with Crippen molar-refractivity contribution in [1.29, 1.82) is 0 Å². The van der Waals surface area contributed by atoms with E-state index in [1.807, 2.05) is 6.92 Å². The predicted octanol–water partition coefficient (Wildman–Crippen LogP) is 2.77. The maximum absolute atomic E-state index is 9.11. The molecule has 1 rings (SSSR count). The van der Waals surface area contributed by atoms with Gasteiger partial charge in [0.05, 0.1) is 6.10 Å². The topological polar surface area (TPSA) is 65.9 Å². The van der Waals surface area contributed by atoms with E-state index in [1.165, 1.54) is 6.42 Å². The summed E-state index contributed by atoms with van der Waals surface area (Å²) in [4.78, 5) is 4.57. The normalized spacial score (nSPS) is 24.3. The van der Waals surface area contributed by atoms with Gasteiger partial charge in [-0.05, 0) is 25.7 Å². The molecule has 23 heavy (non-hydrogen) atoms. The molecule has 0 aromatic heterocycles. The lowest BCUT2D eigenvalue weighted by molar-refractivity contribution is -0.113. The first-order valence-electron chi connectivity index (χ1n) is 8.72. The average Bonchev–Trinajstić information content (AvgIpc) is 2.50. The first-order chi connectivity index (χ1) is 10.5. The molecule has 3 unspecified atom stereocenters. The molecule has 1 fully saturated rings. The third-order valence-corrected chi connectivity index (χ3v) is 4.52. The van der Waals surface area contributed by atoms with Gasteiger partial charge in [0.15, 0.2) is 5.96 Å². The van der Waals surface area contributed by atoms with Gasteiger partial charge in [-0.15, -0.1) is 24.0 Å². The van der Waals surface area contributed by atoms with Crippen molar-refractivity contribution in [3.05, 3.63) is 0 Å². The Morgan fingerprint density at radius 1 is 1.39 bits per heavy atom. The number of halogens is 1. The molecule has 0 bridgehead atoms. The highest BCUT2D eigenvalue weighted by Crippen LogP contribution is 2.42. The molecule has 0 saturated heterocycles. The maximum atomic E-state index is 9.11. The summed E-state index contributed by atoms with van der Waals surface area (Å²) in [6.07, 6.45) is 3.66. The summed E-state index contributed by atoms with van der Waals surface area (Å²) in [7, 11) is 0. The molecule has 0 spiro atoms. The first kappa shape index (κ1) is 22.9. The highest BCUT2D eigenvalue weighted by molar-refractivity contribution is 14.0. The molecule has 3 N–H and O–H groups in total. The van der Waals surface area contributed by atoms with Crippen LogP contribution in [-0.2, 0) is 4.74 Å². The molecule has 6 heteroatoms. The second-order valence-electron chi connectivity index (χ2n) is 6.97. The number of hydrogen-bond acceptors (Lipinski definition) is 3. The number of aliphatic imine (C=N–C) groups is 1. The van der Waals surface area contributed by atoms with E-state index in [0.717, 1.165) is 32.0 Å². The molecule has 0 aromatic carbocycles. The highest BCUT2D eigenvalue weighted by Gasteiger charge is 2.49. The number of guanidine groups is 1. The number of aliphatic hydroxyl groups excluding tert-OH is 1. The third-order valence-electron chi connectivity index (χ3n) is 4.52. The second-order valence-corrected chi connectivity index (χ2v) is 6.97.